The number of nitrogens with one attached hydrogen (secondary N) is 1. The molecule has 8 heteroatoms. The van der Waals surface area contributed by atoms with Crippen LogP contribution in [-0.4, -0.2) is 25.2 Å². The predicted octanol–water partition coefficient (Wildman–Crippen LogP) is 2.38. The van der Waals surface area contributed by atoms with Crippen LogP contribution >= 0.6 is 0 Å². The summed E-state index contributed by atoms with van der Waals surface area (Å²) in [5.41, 5.74) is 2.15. The first-order chi connectivity index (χ1) is 15.9. The molecule has 0 spiro atoms. The van der Waals surface area contributed by atoms with Crippen LogP contribution in [0, 0.1) is 13.8 Å². The Labute approximate surface area is 190 Å². The summed E-state index contributed by atoms with van der Waals surface area (Å²) in [6.07, 6.45) is 1.62. The Kier molecular flexibility index (Phi) is 6.26. The third-order valence-electron chi connectivity index (χ3n) is 5.13. The first kappa shape index (κ1) is 21.9. The highest BCUT2D eigenvalue weighted by atomic mass is 16.2. The zero-order valence-corrected chi connectivity index (χ0v) is 18.4. The number of carbonyl (C=O) groups is 1. The number of amides is 1. The Balaban J connectivity index is 1.78. The van der Waals surface area contributed by atoms with Crippen molar-refractivity contribution in [3.8, 4) is 5.69 Å². The van der Waals surface area contributed by atoms with Crippen molar-refractivity contribution in [2.45, 2.75) is 26.9 Å². The van der Waals surface area contributed by atoms with Crippen molar-refractivity contribution in [1.29, 1.82) is 0 Å². The summed E-state index contributed by atoms with van der Waals surface area (Å²) >= 11 is 0. The zero-order chi connectivity index (χ0) is 23.4. The summed E-state index contributed by atoms with van der Waals surface area (Å²) in [4.78, 5) is 43.5. The van der Waals surface area contributed by atoms with Gasteiger partial charge in [0.1, 0.15) is 0 Å². The maximum absolute atomic E-state index is 13.2. The minimum atomic E-state index is -0.747. The van der Waals surface area contributed by atoms with Gasteiger partial charge in [-0.2, -0.15) is 9.78 Å². The third kappa shape index (κ3) is 4.95. The van der Waals surface area contributed by atoms with Crippen LogP contribution in [0.15, 0.2) is 82.5 Å². The molecule has 0 aliphatic carbocycles. The molecular weight excluding hydrogens is 418 g/mol. The largest absolute Gasteiger partial charge is 0.352 e. The number of rotatable bonds is 6. The van der Waals surface area contributed by atoms with Crippen LogP contribution in [0.1, 0.15) is 32.9 Å². The molecule has 8 nitrogen and oxygen atoms in total. The van der Waals surface area contributed by atoms with Gasteiger partial charge in [0.15, 0.2) is 0 Å². The van der Waals surface area contributed by atoms with E-state index in [0.29, 0.717) is 11.4 Å². The third-order valence-corrected chi connectivity index (χ3v) is 5.13. The topological polar surface area (TPSA) is 98.9 Å². The monoisotopic (exact) mass is 441 g/mol. The molecule has 0 unspecified atom stereocenters. The number of nitrogens with zero attached hydrogens (tertiary/aromatic N) is 4. The summed E-state index contributed by atoms with van der Waals surface area (Å²) in [7, 11) is 0. The van der Waals surface area contributed by atoms with E-state index >= 15 is 0 Å². The average Bonchev–Trinajstić information content (AvgIpc) is 2.82. The van der Waals surface area contributed by atoms with E-state index in [-0.39, 0.29) is 18.8 Å². The number of pyridine rings is 1. The summed E-state index contributed by atoms with van der Waals surface area (Å²) in [6, 6.07) is 20.0. The second kappa shape index (κ2) is 9.44. The fourth-order valence-corrected chi connectivity index (χ4v) is 3.40. The summed E-state index contributed by atoms with van der Waals surface area (Å²) in [5, 5.41) is 6.81. The quantitative estimate of drug-likeness (QED) is 0.495. The minimum Gasteiger partial charge on any atom is -0.345 e. The molecule has 0 aliphatic rings. The van der Waals surface area contributed by atoms with Gasteiger partial charge in [-0.1, -0.05) is 53.6 Å². The highest BCUT2D eigenvalue weighted by molar-refractivity contribution is 5.91. The molecule has 0 bridgehead atoms. The number of hydrogen-bond donors (Lipinski definition) is 1. The van der Waals surface area contributed by atoms with Crippen LogP contribution in [0.5, 0.6) is 0 Å². The smallest absolute Gasteiger partial charge is 0.345 e. The van der Waals surface area contributed by atoms with E-state index in [1.54, 1.807) is 36.5 Å². The molecule has 33 heavy (non-hydrogen) atoms. The van der Waals surface area contributed by atoms with E-state index in [1.807, 2.05) is 50.2 Å². The van der Waals surface area contributed by atoms with Crippen LogP contribution in [-0.2, 0) is 13.1 Å². The van der Waals surface area contributed by atoms with Crippen LogP contribution in [0.25, 0.3) is 5.69 Å². The van der Waals surface area contributed by atoms with Crippen molar-refractivity contribution in [2.24, 2.45) is 0 Å². The number of hydrogen-bond acceptors (Lipinski definition) is 5. The first-order valence-electron chi connectivity index (χ1n) is 10.5. The van der Waals surface area contributed by atoms with Crippen molar-refractivity contribution >= 4 is 5.91 Å². The van der Waals surface area contributed by atoms with Crippen molar-refractivity contribution in [3.05, 3.63) is 122 Å². The molecule has 1 N–H and O–H groups in total. The average molecular weight is 441 g/mol. The molecule has 0 atom stereocenters. The molecule has 0 fully saturated rings. The number of aryl methyl sites for hydroxylation is 2. The van der Waals surface area contributed by atoms with Gasteiger partial charge in [0.05, 0.1) is 24.5 Å². The molecule has 2 heterocycles. The lowest BCUT2D eigenvalue weighted by Gasteiger charge is -2.13. The molecule has 4 aromatic rings. The normalized spacial score (nSPS) is 10.7. The molecule has 0 aliphatic heterocycles. The number of carbonyl (C=O) groups excluding carboxylic acids is 1. The lowest BCUT2D eigenvalue weighted by Crippen LogP contribution is -2.46. The van der Waals surface area contributed by atoms with Crippen LogP contribution in [0.3, 0.4) is 0 Å². The van der Waals surface area contributed by atoms with Gasteiger partial charge in [0.2, 0.25) is 5.69 Å². The van der Waals surface area contributed by atoms with Gasteiger partial charge in [-0.25, -0.2) is 4.79 Å². The van der Waals surface area contributed by atoms with Gasteiger partial charge in [-0.05, 0) is 43.7 Å². The Morgan fingerprint density at radius 2 is 1.73 bits per heavy atom. The fourth-order valence-electron chi connectivity index (χ4n) is 3.40. The molecule has 0 radical (unpaired) electrons. The molecule has 1 amide bonds. The van der Waals surface area contributed by atoms with Gasteiger partial charge in [0, 0.05) is 6.20 Å². The zero-order valence-electron chi connectivity index (χ0n) is 18.4. The molecule has 166 valence electrons. The van der Waals surface area contributed by atoms with Crippen molar-refractivity contribution in [1.82, 2.24) is 24.6 Å². The van der Waals surface area contributed by atoms with Gasteiger partial charge in [-0.3, -0.25) is 19.1 Å². The Bertz CT molecular complexity index is 1410. The van der Waals surface area contributed by atoms with Crippen molar-refractivity contribution < 1.29 is 4.79 Å². The molecule has 0 saturated heterocycles. The van der Waals surface area contributed by atoms with Gasteiger partial charge >= 0.3 is 5.69 Å². The fraction of sp³-hybridized carbons (Fsp3) is 0.160. The maximum Gasteiger partial charge on any atom is 0.352 e. The van der Waals surface area contributed by atoms with Crippen LogP contribution < -0.4 is 16.6 Å². The number of benzene rings is 2. The molecular formula is C25H23N5O3. The number of aromatic nitrogens is 4. The van der Waals surface area contributed by atoms with Crippen molar-refractivity contribution in [3.63, 3.8) is 0 Å². The van der Waals surface area contributed by atoms with E-state index < -0.39 is 17.2 Å². The lowest BCUT2D eigenvalue weighted by molar-refractivity contribution is 0.0940. The standard InChI is InChI=1S/C25H23N5O3/c1-17-9-11-21(12-10-17)30-25(33)29(16-19-7-5-6-18(2)14-19)24(32)22(28-30)23(31)27-15-20-8-3-4-13-26-20/h3-14H,15-16H2,1-2H3,(H,27,31). The van der Waals surface area contributed by atoms with Crippen LogP contribution in [0.2, 0.25) is 0 Å². The maximum atomic E-state index is 13.2. The highest BCUT2D eigenvalue weighted by Gasteiger charge is 2.20. The second-order valence-electron chi connectivity index (χ2n) is 7.76. The second-order valence-corrected chi connectivity index (χ2v) is 7.76. The van der Waals surface area contributed by atoms with Gasteiger partial charge in [0.25, 0.3) is 11.5 Å². The molecule has 2 aromatic heterocycles. The molecule has 0 saturated carbocycles. The molecule has 2 aromatic carbocycles. The Morgan fingerprint density at radius 3 is 2.42 bits per heavy atom. The Morgan fingerprint density at radius 1 is 0.939 bits per heavy atom. The minimum absolute atomic E-state index is 0.0221. The van der Waals surface area contributed by atoms with Crippen molar-refractivity contribution in [2.75, 3.05) is 0 Å². The lowest BCUT2D eigenvalue weighted by atomic mass is 10.1. The van der Waals surface area contributed by atoms with Gasteiger partial charge in [-0.15, -0.1) is 0 Å². The highest BCUT2D eigenvalue weighted by Crippen LogP contribution is 2.07. The summed E-state index contributed by atoms with van der Waals surface area (Å²) < 4.78 is 2.13. The molecule has 4 rings (SSSR count). The van der Waals surface area contributed by atoms with E-state index in [9.17, 15) is 14.4 Å². The van der Waals surface area contributed by atoms with E-state index in [0.717, 1.165) is 25.9 Å². The van der Waals surface area contributed by atoms with Gasteiger partial charge < -0.3 is 5.32 Å². The van der Waals surface area contributed by atoms with E-state index in [1.165, 1.54) is 0 Å². The van der Waals surface area contributed by atoms with E-state index in [2.05, 4.69) is 15.4 Å². The summed E-state index contributed by atoms with van der Waals surface area (Å²) in [5.74, 6) is -0.676. The van der Waals surface area contributed by atoms with Crippen LogP contribution in [0.4, 0.5) is 0 Å². The van der Waals surface area contributed by atoms with E-state index in [4.69, 9.17) is 0 Å². The Hall–Kier alpha value is -4.33. The predicted molar refractivity (Wildman–Crippen MR) is 125 cm³/mol. The summed E-state index contributed by atoms with van der Waals surface area (Å²) in [6.45, 7) is 4.01. The first-order valence-corrected chi connectivity index (χ1v) is 10.5. The SMILES string of the molecule is Cc1ccc(-n2nc(C(=O)NCc3ccccn3)c(=O)n(Cc3cccc(C)c3)c2=O)cc1.